The summed E-state index contributed by atoms with van der Waals surface area (Å²) in [4.78, 5) is 2.35. The molecule has 0 radical (unpaired) electrons. The Morgan fingerprint density at radius 1 is 1.41 bits per heavy atom. The fraction of sp³-hybridized carbons (Fsp3) is 0.429. The minimum Gasteiger partial charge on any atom is -0.398 e. The number of hydrogen-bond donors (Lipinski definition) is 1. The van der Waals surface area contributed by atoms with Crippen molar-refractivity contribution in [2.45, 2.75) is 26.3 Å². The van der Waals surface area contributed by atoms with Crippen molar-refractivity contribution in [3.63, 3.8) is 0 Å². The Morgan fingerprint density at radius 2 is 2.12 bits per heavy atom. The Kier molecular flexibility index (Phi) is 3.79. The molecule has 0 bridgehead atoms. The second-order valence-electron chi connectivity index (χ2n) is 4.50. The summed E-state index contributed by atoms with van der Waals surface area (Å²) in [7, 11) is 0. The number of rotatable bonds is 3. The van der Waals surface area contributed by atoms with Gasteiger partial charge in [0.05, 0.1) is 0 Å². The van der Waals surface area contributed by atoms with Gasteiger partial charge in [0.15, 0.2) is 0 Å². The maximum Gasteiger partial charge on any atom is 0.132 e. The second kappa shape index (κ2) is 5.32. The quantitative estimate of drug-likeness (QED) is 0.871. The number of nitrogens with zero attached hydrogens (tertiary/aromatic N) is 1. The molecule has 0 aliphatic carbocycles. The highest BCUT2D eigenvalue weighted by Gasteiger charge is 2.16. The summed E-state index contributed by atoms with van der Waals surface area (Å²) in [5.41, 5.74) is 7.96. The fourth-order valence-corrected chi connectivity index (χ4v) is 2.35. The molecule has 2 nitrogen and oxygen atoms in total. The Hall–Kier alpha value is -1.35. The summed E-state index contributed by atoms with van der Waals surface area (Å²) in [6.45, 7) is 4.83. The molecule has 2 N–H and O–H groups in total. The smallest absolute Gasteiger partial charge is 0.132 e. The van der Waals surface area contributed by atoms with Crippen LogP contribution in [0.25, 0.3) is 5.70 Å². The lowest BCUT2D eigenvalue weighted by molar-refractivity contribution is 0.330. The molecule has 1 saturated heterocycles. The van der Waals surface area contributed by atoms with Crippen molar-refractivity contribution in [2.75, 3.05) is 13.1 Å². The largest absolute Gasteiger partial charge is 0.398 e. The van der Waals surface area contributed by atoms with Gasteiger partial charge in [0.1, 0.15) is 5.82 Å². The molecule has 0 atom stereocenters. The molecule has 0 aromatic heterocycles. The predicted molar refractivity (Wildman–Crippen MR) is 68.7 cm³/mol. The van der Waals surface area contributed by atoms with Crippen LogP contribution >= 0.6 is 0 Å². The first-order valence-electron chi connectivity index (χ1n) is 6.14. The van der Waals surface area contributed by atoms with Crippen molar-refractivity contribution in [1.29, 1.82) is 0 Å². The average Bonchev–Trinajstić information content (AvgIpc) is 2.81. The van der Waals surface area contributed by atoms with E-state index in [0.29, 0.717) is 11.3 Å². The van der Waals surface area contributed by atoms with Gasteiger partial charge >= 0.3 is 0 Å². The van der Waals surface area contributed by atoms with Crippen molar-refractivity contribution in [2.24, 2.45) is 5.73 Å². The summed E-state index contributed by atoms with van der Waals surface area (Å²) < 4.78 is 13.8. The van der Waals surface area contributed by atoms with Crippen LogP contribution in [0, 0.1) is 5.82 Å². The van der Waals surface area contributed by atoms with Gasteiger partial charge in [-0.05, 0) is 44.5 Å². The molecule has 1 fully saturated rings. The molecule has 1 aromatic rings. The van der Waals surface area contributed by atoms with E-state index in [1.165, 1.54) is 18.9 Å². The fourth-order valence-electron chi connectivity index (χ4n) is 2.35. The molecule has 3 heteroatoms. The maximum atomic E-state index is 13.8. The van der Waals surface area contributed by atoms with Crippen molar-refractivity contribution in [1.82, 2.24) is 4.90 Å². The topological polar surface area (TPSA) is 29.3 Å². The number of nitrogens with two attached hydrogens (primary N) is 1. The highest BCUT2D eigenvalue weighted by atomic mass is 19.1. The SMILES string of the molecule is C/C=C(/N)c1c(F)cccc1CN1CCCC1. The summed E-state index contributed by atoms with van der Waals surface area (Å²) in [5.74, 6) is -0.225. The van der Waals surface area contributed by atoms with E-state index >= 15 is 0 Å². The molecule has 0 unspecified atom stereocenters. The van der Waals surface area contributed by atoms with Gasteiger partial charge in [0.2, 0.25) is 0 Å². The van der Waals surface area contributed by atoms with Crippen LogP contribution < -0.4 is 5.73 Å². The Bertz CT molecular complexity index is 420. The van der Waals surface area contributed by atoms with Crippen molar-refractivity contribution < 1.29 is 4.39 Å². The van der Waals surface area contributed by atoms with Gasteiger partial charge in [0, 0.05) is 17.8 Å². The molecule has 0 saturated carbocycles. The third-order valence-corrected chi connectivity index (χ3v) is 3.29. The van der Waals surface area contributed by atoms with Crippen molar-refractivity contribution in [3.05, 3.63) is 41.2 Å². The van der Waals surface area contributed by atoms with E-state index in [-0.39, 0.29) is 5.82 Å². The molecular weight excluding hydrogens is 215 g/mol. The van der Waals surface area contributed by atoms with E-state index in [1.54, 1.807) is 12.1 Å². The Labute approximate surface area is 102 Å². The first-order valence-corrected chi connectivity index (χ1v) is 6.14. The first-order chi connectivity index (χ1) is 8.22. The third kappa shape index (κ3) is 2.67. The molecule has 1 aliphatic rings. The molecule has 17 heavy (non-hydrogen) atoms. The molecular formula is C14H19FN2. The lowest BCUT2D eigenvalue weighted by atomic mass is 10.0. The molecule has 0 amide bonds. The number of halogens is 1. The third-order valence-electron chi connectivity index (χ3n) is 3.29. The lowest BCUT2D eigenvalue weighted by Gasteiger charge is -2.18. The van der Waals surface area contributed by atoms with E-state index in [1.807, 2.05) is 13.0 Å². The van der Waals surface area contributed by atoms with Crippen LogP contribution in [-0.4, -0.2) is 18.0 Å². The highest BCUT2D eigenvalue weighted by molar-refractivity contribution is 5.65. The summed E-state index contributed by atoms with van der Waals surface area (Å²) in [5, 5.41) is 0. The van der Waals surface area contributed by atoms with E-state index < -0.39 is 0 Å². The van der Waals surface area contributed by atoms with E-state index in [4.69, 9.17) is 5.73 Å². The Morgan fingerprint density at radius 3 is 2.76 bits per heavy atom. The zero-order chi connectivity index (χ0) is 12.3. The lowest BCUT2D eigenvalue weighted by Crippen LogP contribution is -2.20. The molecule has 1 aliphatic heterocycles. The highest BCUT2D eigenvalue weighted by Crippen LogP contribution is 2.22. The van der Waals surface area contributed by atoms with E-state index in [0.717, 1.165) is 25.2 Å². The summed E-state index contributed by atoms with van der Waals surface area (Å²) in [6.07, 6.45) is 4.24. The van der Waals surface area contributed by atoms with Crippen LogP contribution in [0.5, 0.6) is 0 Å². The monoisotopic (exact) mass is 234 g/mol. The van der Waals surface area contributed by atoms with Crippen LogP contribution in [0.3, 0.4) is 0 Å². The molecule has 2 rings (SSSR count). The molecule has 0 spiro atoms. The first kappa shape index (κ1) is 12.1. The van der Waals surface area contributed by atoms with Gasteiger partial charge in [-0.2, -0.15) is 0 Å². The Balaban J connectivity index is 2.29. The number of likely N-dealkylation sites (tertiary alicyclic amines) is 1. The zero-order valence-corrected chi connectivity index (χ0v) is 10.2. The van der Waals surface area contributed by atoms with Crippen LogP contribution in [0.2, 0.25) is 0 Å². The van der Waals surface area contributed by atoms with E-state index in [9.17, 15) is 4.39 Å². The van der Waals surface area contributed by atoms with Crippen LogP contribution in [-0.2, 0) is 6.54 Å². The second-order valence-corrected chi connectivity index (χ2v) is 4.50. The predicted octanol–water partition coefficient (Wildman–Crippen LogP) is 2.74. The van der Waals surface area contributed by atoms with Crippen molar-refractivity contribution >= 4 is 5.70 Å². The van der Waals surface area contributed by atoms with Gasteiger partial charge < -0.3 is 5.73 Å². The minimum absolute atomic E-state index is 0.225. The van der Waals surface area contributed by atoms with Gasteiger partial charge in [-0.1, -0.05) is 18.2 Å². The molecule has 1 heterocycles. The summed E-state index contributed by atoms with van der Waals surface area (Å²) >= 11 is 0. The van der Waals surface area contributed by atoms with Gasteiger partial charge in [-0.15, -0.1) is 0 Å². The number of hydrogen-bond acceptors (Lipinski definition) is 2. The number of allylic oxidation sites excluding steroid dienone is 1. The van der Waals surface area contributed by atoms with Crippen LogP contribution in [0.1, 0.15) is 30.9 Å². The van der Waals surface area contributed by atoms with Crippen molar-refractivity contribution in [3.8, 4) is 0 Å². The zero-order valence-electron chi connectivity index (χ0n) is 10.2. The van der Waals surface area contributed by atoms with Gasteiger partial charge in [-0.25, -0.2) is 4.39 Å². The normalized spacial score (nSPS) is 17.6. The molecule has 92 valence electrons. The van der Waals surface area contributed by atoms with Gasteiger partial charge in [-0.3, -0.25) is 4.90 Å². The van der Waals surface area contributed by atoms with Crippen LogP contribution in [0.4, 0.5) is 4.39 Å². The van der Waals surface area contributed by atoms with Crippen LogP contribution in [0.15, 0.2) is 24.3 Å². The summed E-state index contributed by atoms with van der Waals surface area (Å²) in [6, 6.07) is 5.19. The minimum atomic E-state index is -0.225. The average molecular weight is 234 g/mol. The van der Waals surface area contributed by atoms with Gasteiger partial charge in [0.25, 0.3) is 0 Å². The number of benzene rings is 1. The standard InChI is InChI=1S/C14H19FN2/c1-2-13(16)14-11(6-5-7-12(14)15)10-17-8-3-4-9-17/h2,5-7H,3-4,8-10,16H2,1H3/b13-2+. The van der Waals surface area contributed by atoms with E-state index in [2.05, 4.69) is 4.90 Å². The maximum absolute atomic E-state index is 13.8. The molecule has 1 aromatic carbocycles.